The van der Waals surface area contributed by atoms with Crippen LogP contribution in [-0.2, 0) is 14.2 Å². The standard InChI is InChI=1S/C21H25NO8S/c1-6-29-20(24)16-12(2)17(21(25)30-10-9-26-3)31-19(16)22-18(23)13-7-8-14(27-4)15(11-13)28-5/h7-8,11H,6,9-10H2,1-5H3,(H,22,23). The van der Waals surface area contributed by atoms with E-state index in [1.165, 1.54) is 27.4 Å². The van der Waals surface area contributed by atoms with Crippen molar-refractivity contribution in [2.75, 3.05) is 46.5 Å². The van der Waals surface area contributed by atoms with Crippen molar-refractivity contribution in [1.82, 2.24) is 0 Å². The van der Waals surface area contributed by atoms with Gasteiger partial charge in [-0.2, -0.15) is 0 Å². The number of hydrogen-bond acceptors (Lipinski definition) is 9. The van der Waals surface area contributed by atoms with Gasteiger partial charge >= 0.3 is 11.9 Å². The van der Waals surface area contributed by atoms with E-state index in [1.54, 1.807) is 26.0 Å². The topological polar surface area (TPSA) is 109 Å². The fraction of sp³-hybridized carbons (Fsp3) is 0.381. The Balaban J connectivity index is 2.37. The molecule has 0 aliphatic heterocycles. The largest absolute Gasteiger partial charge is 0.493 e. The third-order valence-corrected chi connectivity index (χ3v) is 5.39. The molecular weight excluding hydrogens is 426 g/mol. The summed E-state index contributed by atoms with van der Waals surface area (Å²) in [6, 6.07) is 4.66. The zero-order valence-electron chi connectivity index (χ0n) is 18.0. The van der Waals surface area contributed by atoms with Crippen LogP contribution in [-0.4, -0.2) is 59.0 Å². The molecule has 0 bridgehead atoms. The number of carbonyl (C=O) groups is 3. The zero-order valence-corrected chi connectivity index (χ0v) is 18.8. The summed E-state index contributed by atoms with van der Waals surface area (Å²) in [6.45, 7) is 3.71. The number of esters is 2. The van der Waals surface area contributed by atoms with E-state index in [2.05, 4.69) is 5.32 Å². The molecule has 0 fully saturated rings. The van der Waals surface area contributed by atoms with Crippen LogP contribution in [0.25, 0.3) is 0 Å². The molecule has 0 saturated heterocycles. The van der Waals surface area contributed by atoms with E-state index < -0.39 is 17.8 Å². The Kier molecular flexibility index (Phi) is 8.83. The van der Waals surface area contributed by atoms with Gasteiger partial charge in [-0.15, -0.1) is 11.3 Å². The van der Waals surface area contributed by atoms with Gasteiger partial charge in [0.1, 0.15) is 16.5 Å². The number of amides is 1. The SMILES string of the molecule is CCOC(=O)c1c(NC(=O)c2ccc(OC)c(OC)c2)sc(C(=O)OCCOC)c1C. The number of hydrogen-bond donors (Lipinski definition) is 1. The third kappa shape index (κ3) is 5.74. The first-order chi connectivity index (χ1) is 14.9. The van der Waals surface area contributed by atoms with Crippen LogP contribution in [0.1, 0.15) is 42.9 Å². The van der Waals surface area contributed by atoms with Crippen molar-refractivity contribution < 1.29 is 38.1 Å². The fourth-order valence-electron chi connectivity index (χ4n) is 2.68. The Bertz CT molecular complexity index is 953. The zero-order chi connectivity index (χ0) is 23.0. The van der Waals surface area contributed by atoms with Crippen molar-refractivity contribution in [1.29, 1.82) is 0 Å². The molecule has 0 aliphatic carbocycles. The van der Waals surface area contributed by atoms with Crippen molar-refractivity contribution in [2.24, 2.45) is 0 Å². The third-order valence-electron chi connectivity index (χ3n) is 4.21. The normalized spacial score (nSPS) is 10.4. The lowest BCUT2D eigenvalue weighted by Gasteiger charge is -2.10. The molecule has 2 rings (SSSR count). The first-order valence-corrected chi connectivity index (χ1v) is 10.2. The van der Waals surface area contributed by atoms with Crippen molar-refractivity contribution in [2.45, 2.75) is 13.8 Å². The summed E-state index contributed by atoms with van der Waals surface area (Å²) in [7, 11) is 4.44. The monoisotopic (exact) mass is 451 g/mol. The highest BCUT2D eigenvalue weighted by Gasteiger charge is 2.27. The van der Waals surface area contributed by atoms with Gasteiger partial charge in [0.2, 0.25) is 0 Å². The molecule has 0 atom stereocenters. The second-order valence-corrected chi connectivity index (χ2v) is 7.15. The fourth-order valence-corrected chi connectivity index (χ4v) is 3.77. The number of thiophene rings is 1. The molecule has 0 radical (unpaired) electrons. The van der Waals surface area contributed by atoms with E-state index in [9.17, 15) is 14.4 Å². The lowest BCUT2D eigenvalue weighted by molar-refractivity contribution is 0.0392. The van der Waals surface area contributed by atoms with Gasteiger partial charge in [0.05, 0.1) is 33.0 Å². The molecule has 9 nitrogen and oxygen atoms in total. The number of rotatable bonds is 10. The van der Waals surface area contributed by atoms with Crippen LogP contribution in [0.15, 0.2) is 18.2 Å². The Labute approximate surface area is 184 Å². The van der Waals surface area contributed by atoms with Gasteiger partial charge in [-0.25, -0.2) is 9.59 Å². The van der Waals surface area contributed by atoms with Gasteiger partial charge < -0.3 is 29.0 Å². The van der Waals surface area contributed by atoms with E-state index in [1.807, 2.05) is 0 Å². The first kappa shape index (κ1) is 24.2. The highest BCUT2D eigenvalue weighted by Crippen LogP contribution is 2.35. The smallest absolute Gasteiger partial charge is 0.348 e. The van der Waals surface area contributed by atoms with Crippen molar-refractivity contribution in [3.63, 3.8) is 0 Å². The molecule has 0 spiro atoms. The summed E-state index contributed by atoms with van der Waals surface area (Å²) in [5.74, 6) is -0.900. The van der Waals surface area contributed by atoms with Crippen LogP contribution >= 0.6 is 11.3 Å². The Morgan fingerprint density at radius 3 is 2.29 bits per heavy atom. The van der Waals surface area contributed by atoms with Gasteiger partial charge in [0, 0.05) is 12.7 Å². The van der Waals surface area contributed by atoms with Crippen molar-refractivity contribution >= 4 is 34.2 Å². The minimum absolute atomic E-state index is 0.0642. The predicted molar refractivity (Wildman–Crippen MR) is 115 cm³/mol. The lowest BCUT2D eigenvalue weighted by atomic mass is 10.1. The van der Waals surface area contributed by atoms with Gasteiger partial charge in [0.25, 0.3) is 5.91 Å². The summed E-state index contributed by atoms with van der Waals surface area (Å²) in [5.41, 5.74) is 0.760. The molecule has 1 N–H and O–H groups in total. The van der Waals surface area contributed by atoms with Gasteiger partial charge in [-0.05, 0) is 37.6 Å². The minimum atomic E-state index is -0.644. The summed E-state index contributed by atoms with van der Waals surface area (Å²) in [4.78, 5) is 38.0. The Hall–Kier alpha value is -3.11. The molecular formula is C21H25NO8S. The Morgan fingerprint density at radius 1 is 0.968 bits per heavy atom. The highest BCUT2D eigenvalue weighted by molar-refractivity contribution is 7.18. The average molecular weight is 451 g/mol. The van der Waals surface area contributed by atoms with Crippen LogP contribution in [0.2, 0.25) is 0 Å². The molecule has 168 valence electrons. The maximum absolute atomic E-state index is 12.8. The number of carbonyl (C=O) groups excluding carboxylic acids is 3. The van der Waals surface area contributed by atoms with Crippen LogP contribution in [0.5, 0.6) is 11.5 Å². The molecule has 1 aromatic carbocycles. The Morgan fingerprint density at radius 2 is 1.68 bits per heavy atom. The summed E-state index contributed by atoms with van der Waals surface area (Å²) >= 11 is 0.943. The van der Waals surface area contributed by atoms with Gasteiger partial charge in [-0.1, -0.05) is 0 Å². The number of anilines is 1. The maximum Gasteiger partial charge on any atom is 0.348 e. The summed E-state index contributed by atoms with van der Waals surface area (Å²) in [5, 5.41) is 2.88. The number of benzene rings is 1. The summed E-state index contributed by atoms with van der Waals surface area (Å²) in [6.07, 6.45) is 0. The van der Waals surface area contributed by atoms with Crippen LogP contribution in [0.3, 0.4) is 0 Å². The maximum atomic E-state index is 12.8. The van der Waals surface area contributed by atoms with Crippen molar-refractivity contribution in [3.05, 3.63) is 39.8 Å². The average Bonchev–Trinajstić information content (AvgIpc) is 3.09. The molecule has 1 heterocycles. The first-order valence-electron chi connectivity index (χ1n) is 9.37. The molecule has 2 aromatic rings. The van der Waals surface area contributed by atoms with E-state index in [-0.39, 0.29) is 40.8 Å². The minimum Gasteiger partial charge on any atom is -0.493 e. The van der Waals surface area contributed by atoms with Gasteiger partial charge in [-0.3, -0.25) is 4.79 Å². The number of methoxy groups -OCH3 is 3. The van der Waals surface area contributed by atoms with Crippen LogP contribution in [0, 0.1) is 6.92 Å². The predicted octanol–water partition coefficient (Wildman–Crippen LogP) is 3.31. The number of ether oxygens (including phenoxy) is 5. The molecule has 1 amide bonds. The lowest BCUT2D eigenvalue weighted by Crippen LogP contribution is -2.15. The molecule has 0 aliphatic rings. The molecule has 1 aromatic heterocycles. The van der Waals surface area contributed by atoms with Crippen LogP contribution in [0.4, 0.5) is 5.00 Å². The molecule has 10 heteroatoms. The second-order valence-electron chi connectivity index (χ2n) is 6.13. The van der Waals surface area contributed by atoms with E-state index in [4.69, 9.17) is 23.7 Å². The number of nitrogens with one attached hydrogen (secondary N) is 1. The second kappa shape index (κ2) is 11.3. The van der Waals surface area contributed by atoms with Crippen molar-refractivity contribution in [3.8, 4) is 11.5 Å². The quantitative estimate of drug-likeness (QED) is 0.433. The molecule has 31 heavy (non-hydrogen) atoms. The van der Waals surface area contributed by atoms with E-state index >= 15 is 0 Å². The summed E-state index contributed by atoms with van der Waals surface area (Å²) < 4.78 is 25.5. The van der Waals surface area contributed by atoms with Crippen LogP contribution < -0.4 is 14.8 Å². The molecule has 0 unspecified atom stereocenters. The molecule has 0 saturated carbocycles. The van der Waals surface area contributed by atoms with E-state index in [0.29, 0.717) is 17.1 Å². The van der Waals surface area contributed by atoms with E-state index in [0.717, 1.165) is 11.3 Å². The highest BCUT2D eigenvalue weighted by atomic mass is 32.1. The van der Waals surface area contributed by atoms with Gasteiger partial charge in [0.15, 0.2) is 11.5 Å².